The van der Waals surface area contributed by atoms with Crippen molar-refractivity contribution in [2.75, 3.05) is 13.2 Å². The van der Waals surface area contributed by atoms with E-state index >= 15 is 0 Å². The van der Waals surface area contributed by atoms with Crippen molar-refractivity contribution in [3.63, 3.8) is 0 Å². The molecule has 3 unspecified atom stereocenters. The molecule has 23 heavy (non-hydrogen) atoms. The first-order valence-corrected chi connectivity index (χ1v) is 8.19. The van der Waals surface area contributed by atoms with Crippen molar-refractivity contribution in [1.29, 1.82) is 0 Å². The Morgan fingerprint density at radius 3 is 2.78 bits per heavy atom. The Kier molecular flexibility index (Phi) is 3.97. The SMILES string of the molecule is O=C(NC1CCC2OCCOC2C1)c1ccc2ccccc2n1. The van der Waals surface area contributed by atoms with Crippen molar-refractivity contribution in [3.05, 3.63) is 42.1 Å². The number of benzene rings is 1. The van der Waals surface area contributed by atoms with E-state index in [2.05, 4.69) is 10.3 Å². The van der Waals surface area contributed by atoms with Gasteiger partial charge in [-0.25, -0.2) is 4.98 Å². The molecule has 2 aliphatic rings. The molecule has 1 saturated carbocycles. The van der Waals surface area contributed by atoms with Gasteiger partial charge >= 0.3 is 0 Å². The summed E-state index contributed by atoms with van der Waals surface area (Å²) in [6, 6.07) is 11.7. The van der Waals surface area contributed by atoms with Crippen LogP contribution < -0.4 is 5.32 Å². The Balaban J connectivity index is 1.44. The van der Waals surface area contributed by atoms with Gasteiger partial charge in [-0.05, 0) is 31.4 Å². The zero-order chi connectivity index (χ0) is 15.6. The Hall–Kier alpha value is -1.98. The number of fused-ring (bicyclic) bond motifs is 2. The fourth-order valence-electron chi connectivity index (χ4n) is 3.45. The van der Waals surface area contributed by atoms with Crippen molar-refractivity contribution >= 4 is 16.8 Å². The third-order valence-electron chi connectivity index (χ3n) is 4.64. The predicted octanol–water partition coefficient (Wildman–Crippen LogP) is 2.30. The van der Waals surface area contributed by atoms with Gasteiger partial charge in [-0.15, -0.1) is 0 Å². The van der Waals surface area contributed by atoms with Crippen LogP contribution in [0.3, 0.4) is 0 Å². The highest BCUT2D eigenvalue weighted by atomic mass is 16.6. The maximum Gasteiger partial charge on any atom is 0.270 e. The van der Waals surface area contributed by atoms with Crippen LogP contribution in [0.4, 0.5) is 0 Å². The van der Waals surface area contributed by atoms with Gasteiger partial charge < -0.3 is 14.8 Å². The fraction of sp³-hybridized carbons (Fsp3) is 0.444. The van der Waals surface area contributed by atoms with E-state index in [1.165, 1.54) is 0 Å². The maximum atomic E-state index is 12.5. The number of carbonyl (C=O) groups is 1. The number of nitrogens with one attached hydrogen (secondary N) is 1. The molecule has 5 heteroatoms. The highest BCUT2D eigenvalue weighted by molar-refractivity contribution is 5.95. The van der Waals surface area contributed by atoms with Crippen LogP contribution in [0.1, 0.15) is 29.8 Å². The van der Waals surface area contributed by atoms with E-state index in [1.54, 1.807) is 6.07 Å². The van der Waals surface area contributed by atoms with Gasteiger partial charge in [-0.2, -0.15) is 0 Å². The highest BCUT2D eigenvalue weighted by Crippen LogP contribution is 2.27. The molecule has 1 N–H and O–H groups in total. The number of amides is 1. The van der Waals surface area contributed by atoms with Crippen molar-refractivity contribution in [3.8, 4) is 0 Å². The first-order chi connectivity index (χ1) is 11.3. The van der Waals surface area contributed by atoms with E-state index in [-0.39, 0.29) is 24.2 Å². The second-order valence-electron chi connectivity index (χ2n) is 6.19. The van der Waals surface area contributed by atoms with Crippen LogP contribution in [0, 0.1) is 0 Å². The molecule has 4 rings (SSSR count). The highest BCUT2D eigenvalue weighted by Gasteiger charge is 2.34. The molecule has 0 bridgehead atoms. The van der Waals surface area contributed by atoms with Crippen LogP contribution in [0.5, 0.6) is 0 Å². The maximum absolute atomic E-state index is 12.5. The van der Waals surface area contributed by atoms with Gasteiger partial charge in [0.25, 0.3) is 5.91 Å². The number of para-hydroxylation sites is 1. The van der Waals surface area contributed by atoms with Crippen molar-refractivity contribution in [1.82, 2.24) is 10.3 Å². The van der Waals surface area contributed by atoms with Gasteiger partial charge in [0.1, 0.15) is 5.69 Å². The Morgan fingerprint density at radius 2 is 1.87 bits per heavy atom. The van der Waals surface area contributed by atoms with Crippen LogP contribution in [-0.2, 0) is 9.47 Å². The lowest BCUT2D eigenvalue weighted by Gasteiger charge is -2.39. The van der Waals surface area contributed by atoms with Crippen LogP contribution >= 0.6 is 0 Å². The number of rotatable bonds is 2. The molecule has 2 aromatic rings. The molecule has 1 aromatic carbocycles. The normalized spacial score (nSPS) is 27.4. The summed E-state index contributed by atoms with van der Waals surface area (Å²) >= 11 is 0. The van der Waals surface area contributed by atoms with E-state index < -0.39 is 0 Å². The number of carbonyl (C=O) groups excluding carboxylic acids is 1. The van der Waals surface area contributed by atoms with E-state index in [9.17, 15) is 4.79 Å². The van der Waals surface area contributed by atoms with Gasteiger partial charge in [-0.1, -0.05) is 24.3 Å². The van der Waals surface area contributed by atoms with E-state index in [4.69, 9.17) is 9.47 Å². The lowest BCUT2D eigenvalue weighted by molar-refractivity contribution is -0.157. The van der Waals surface area contributed by atoms with Crippen molar-refractivity contribution in [2.24, 2.45) is 0 Å². The Morgan fingerprint density at radius 1 is 1.04 bits per heavy atom. The fourth-order valence-corrected chi connectivity index (χ4v) is 3.45. The largest absolute Gasteiger partial charge is 0.373 e. The molecule has 1 aliphatic carbocycles. The average molecular weight is 312 g/mol. The topological polar surface area (TPSA) is 60.5 Å². The van der Waals surface area contributed by atoms with Crippen LogP contribution in [0.2, 0.25) is 0 Å². The molecule has 2 heterocycles. The summed E-state index contributed by atoms with van der Waals surface area (Å²) in [5.74, 6) is -0.115. The lowest BCUT2D eigenvalue weighted by Crippen LogP contribution is -2.49. The molecule has 0 radical (unpaired) electrons. The molecule has 1 aliphatic heterocycles. The third-order valence-corrected chi connectivity index (χ3v) is 4.64. The van der Waals surface area contributed by atoms with Gasteiger partial charge in [0.2, 0.25) is 0 Å². The first kappa shape index (κ1) is 14.6. The molecule has 120 valence electrons. The average Bonchev–Trinajstić information content (AvgIpc) is 2.61. The molecular weight excluding hydrogens is 292 g/mol. The van der Waals surface area contributed by atoms with Gasteiger partial charge in [0.15, 0.2) is 0 Å². The molecule has 5 nitrogen and oxygen atoms in total. The zero-order valence-electron chi connectivity index (χ0n) is 12.9. The molecule has 0 spiro atoms. The number of ether oxygens (including phenoxy) is 2. The summed E-state index contributed by atoms with van der Waals surface area (Å²) < 4.78 is 11.5. The third kappa shape index (κ3) is 3.07. The van der Waals surface area contributed by atoms with Crippen molar-refractivity contribution in [2.45, 2.75) is 37.5 Å². The number of pyridine rings is 1. The molecule has 1 saturated heterocycles. The van der Waals surface area contributed by atoms with E-state index in [0.29, 0.717) is 18.9 Å². The van der Waals surface area contributed by atoms with E-state index in [0.717, 1.165) is 30.2 Å². The van der Waals surface area contributed by atoms with Crippen LogP contribution in [-0.4, -0.2) is 42.4 Å². The minimum absolute atomic E-state index is 0.104. The number of hydrogen-bond acceptors (Lipinski definition) is 4. The number of nitrogens with zero attached hydrogens (tertiary/aromatic N) is 1. The summed E-state index contributed by atoms with van der Waals surface area (Å²) in [5.41, 5.74) is 1.31. The van der Waals surface area contributed by atoms with Crippen LogP contribution in [0.15, 0.2) is 36.4 Å². The molecule has 1 amide bonds. The zero-order valence-corrected chi connectivity index (χ0v) is 12.9. The number of hydrogen-bond donors (Lipinski definition) is 1. The Bertz CT molecular complexity index is 718. The van der Waals surface area contributed by atoms with E-state index in [1.807, 2.05) is 30.3 Å². The van der Waals surface area contributed by atoms with Crippen molar-refractivity contribution < 1.29 is 14.3 Å². The summed E-state index contributed by atoms with van der Waals surface area (Å²) in [6.45, 7) is 1.33. The van der Waals surface area contributed by atoms with Gasteiger partial charge in [0, 0.05) is 11.4 Å². The van der Waals surface area contributed by atoms with Gasteiger partial charge in [0.05, 0.1) is 30.9 Å². The second-order valence-corrected chi connectivity index (χ2v) is 6.19. The summed E-state index contributed by atoms with van der Waals surface area (Å²) in [4.78, 5) is 16.9. The molecular formula is C18H20N2O3. The van der Waals surface area contributed by atoms with Crippen LogP contribution in [0.25, 0.3) is 10.9 Å². The predicted molar refractivity (Wildman–Crippen MR) is 86.3 cm³/mol. The molecule has 2 fully saturated rings. The lowest BCUT2D eigenvalue weighted by atomic mass is 9.89. The Labute approximate surface area is 135 Å². The monoisotopic (exact) mass is 312 g/mol. The van der Waals surface area contributed by atoms with Gasteiger partial charge in [-0.3, -0.25) is 4.79 Å². The minimum Gasteiger partial charge on any atom is -0.373 e. The number of aromatic nitrogens is 1. The summed E-state index contributed by atoms with van der Waals surface area (Å²) in [5, 5.41) is 4.14. The summed E-state index contributed by atoms with van der Waals surface area (Å²) in [6.07, 6.45) is 2.96. The quantitative estimate of drug-likeness (QED) is 0.924. The second kappa shape index (κ2) is 6.26. The smallest absolute Gasteiger partial charge is 0.270 e. The molecule has 1 aromatic heterocycles. The first-order valence-electron chi connectivity index (χ1n) is 8.19. The minimum atomic E-state index is -0.115. The standard InChI is InChI=1S/C18H20N2O3/c21-18(15-7-5-12-3-1-2-4-14(12)20-15)19-13-6-8-16-17(11-13)23-10-9-22-16/h1-5,7,13,16-17H,6,8-11H2,(H,19,21). The summed E-state index contributed by atoms with van der Waals surface area (Å²) in [7, 11) is 0. The molecule has 3 atom stereocenters.